The van der Waals surface area contributed by atoms with Gasteiger partial charge in [0.15, 0.2) is 0 Å². The van der Waals surface area contributed by atoms with E-state index in [0.717, 1.165) is 0 Å². The van der Waals surface area contributed by atoms with E-state index >= 15 is 0 Å². The Hall–Kier alpha value is -2.34. The minimum Gasteiger partial charge on any atom is -0.0619 e. The lowest BCUT2D eigenvalue weighted by Crippen LogP contribution is -2.16. The highest BCUT2D eigenvalue weighted by atomic mass is 14.4. The minimum absolute atomic E-state index is 0.0646. The third-order valence-corrected chi connectivity index (χ3v) is 6.53. The number of hydrogen-bond acceptors (Lipinski definition) is 0. The second-order valence-corrected chi connectivity index (χ2v) is 8.79. The smallest absolute Gasteiger partial charge is 0.0159 e. The molecule has 0 nitrogen and oxygen atoms in total. The number of hydrogen-bond donors (Lipinski definition) is 0. The monoisotopic (exact) mass is 324 g/mol. The van der Waals surface area contributed by atoms with Gasteiger partial charge in [-0.25, -0.2) is 0 Å². The second-order valence-electron chi connectivity index (χ2n) is 8.79. The molecule has 0 N–H and O–H groups in total. The van der Waals surface area contributed by atoms with Gasteiger partial charge in [-0.2, -0.15) is 0 Å². The molecule has 0 saturated carbocycles. The molecule has 0 heteroatoms. The fraction of sp³-hybridized carbons (Fsp3) is 0.280. The summed E-state index contributed by atoms with van der Waals surface area (Å²) in [6, 6.07) is 20.8. The molecule has 0 amide bonds. The molecule has 3 aromatic rings. The summed E-state index contributed by atoms with van der Waals surface area (Å²) in [4.78, 5) is 0. The van der Waals surface area contributed by atoms with Gasteiger partial charge in [-0.3, -0.25) is 0 Å². The van der Waals surface area contributed by atoms with Gasteiger partial charge < -0.3 is 0 Å². The maximum absolute atomic E-state index is 2.48. The van der Waals surface area contributed by atoms with Gasteiger partial charge in [0.2, 0.25) is 0 Å². The molecule has 0 spiro atoms. The molecular formula is C25H24. The van der Waals surface area contributed by atoms with Gasteiger partial charge in [-0.1, -0.05) is 75.7 Å². The first kappa shape index (κ1) is 15.0. The third kappa shape index (κ3) is 1.73. The van der Waals surface area contributed by atoms with Crippen LogP contribution < -0.4 is 0 Å². The Morgan fingerprint density at radius 1 is 0.520 bits per heavy atom. The first-order chi connectivity index (χ1) is 11.8. The highest BCUT2D eigenvalue weighted by Crippen LogP contribution is 2.55. The van der Waals surface area contributed by atoms with E-state index < -0.39 is 0 Å². The standard InChI is InChI=1S/C25H24/c1-15-10-11-21-17(12-15)19-14-22-18(13-23(19)25(21,4)5)16-8-6-7-9-20(16)24(22,2)3/h6-14H,1-5H3. The van der Waals surface area contributed by atoms with E-state index in [9.17, 15) is 0 Å². The van der Waals surface area contributed by atoms with E-state index in [4.69, 9.17) is 0 Å². The van der Waals surface area contributed by atoms with Crippen LogP contribution in [0.4, 0.5) is 0 Å². The lowest BCUT2D eigenvalue weighted by atomic mass is 9.79. The lowest BCUT2D eigenvalue weighted by molar-refractivity contribution is 0.652. The van der Waals surface area contributed by atoms with E-state index in [1.54, 1.807) is 0 Å². The van der Waals surface area contributed by atoms with Gasteiger partial charge in [0.1, 0.15) is 0 Å². The van der Waals surface area contributed by atoms with Crippen molar-refractivity contribution in [3.63, 3.8) is 0 Å². The molecule has 0 bridgehead atoms. The van der Waals surface area contributed by atoms with Gasteiger partial charge >= 0.3 is 0 Å². The van der Waals surface area contributed by atoms with E-state index in [2.05, 4.69) is 89.2 Å². The Bertz CT molecular complexity index is 1050. The molecule has 3 aromatic carbocycles. The van der Waals surface area contributed by atoms with Crippen LogP contribution in [0, 0.1) is 6.92 Å². The Balaban J connectivity index is 1.87. The molecule has 0 heterocycles. The van der Waals surface area contributed by atoms with Crippen molar-refractivity contribution in [3.8, 4) is 22.3 Å². The van der Waals surface area contributed by atoms with Crippen molar-refractivity contribution in [2.45, 2.75) is 45.4 Å². The van der Waals surface area contributed by atoms with Crippen molar-refractivity contribution in [2.75, 3.05) is 0 Å². The van der Waals surface area contributed by atoms with Crippen LogP contribution in [0.3, 0.4) is 0 Å². The average Bonchev–Trinajstić information content (AvgIpc) is 2.94. The molecule has 0 radical (unpaired) electrons. The van der Waals surface area contributed by atoms with E-state index in [0.29, 0.717) is 0 Å². The Morgan fingerprint density at radius 3 is 1.72 bits per heavy atom. The second kappa shape index (κ2) is 4.43. The Labute approximate surface area is 150 Å². The quantitative estimate of drug-likeness (QED) is 0.436. The third-order valence-electron chi connectivity index (χ3n) is 6.53. The summed E-state index contributed by atoms with van der Waals surface area (Å²) in [5.41, 5.74) is 13.0. The van der Waals surface area contributed by atoms with Crippen LogP contribution in [0.1, 0.15) is 55.5 Å². The zero-order valence-electron chi connectivity index (χ0n) is 15.7. The largest absolute Gasteiger partial charge is 0.0619 e. The summed E-state index contributed by atoms with van der Waals surface area (Å²) in [6.07, 6.45) is 0. The molecular weight excluding hydrogens is 300 g/mol. The summed E-state index contributed by atoms with van der Waals surface area (Å²) < 4.78 is 0. The summed E-state index contributed by atoms with van der Waals surface area (Å²) in [5, 5.41) is 0. The number of aryl methyl sites for hydroxylation is 1. The van der Waals surface area contributed by atoms with Crippen LogP contribution in [0.5, 0.6) is 0 Å². The summed E-state index contributed by atoms with van der Waals surface area (Å²) in [7, 11) is 0. The molecule has 0 fully saturated rings. The molecule has 2 aliphatic carbocycles. The van der Waals surface area contributed by atoms with E-state index in [1.165, 1.54) is 50.1 Å². The summed E-state index contributed by atoms with van der Waals surface area (Å²) in [5.74, 6) is 0. The summed E-state index contributed by atoms with van der Waals surface area (Å²) in [6.45, 7) is 11.7. The van der Waals surface area contributed by atoms with Crippen LogP contribution in [-0.2, 0) is 10.8 Å². The minimum atomic E-state index is 0.0646. The highest BCUT2D eigenvalue weighted by Gasteiger charge is 2.41. The average molecular weight is 324 g/mol. The first-order valence-corrected chi connectivity index (χ1v) is 9.22. The predicted molar refractivity (Wildman–Crippen MR) is 106 cm³/mol. The van der Waals surface area contributed by atoms with Gasteiger partial charge in [0.05, 0.1) is 0 Å². The Morgan fingerprint density at radius 2 is 1.04 bits per heavy atom. The van der Waals surface area contributed by atoms with Crippen LogP contribution in [0.2, 0.25) is 0 Å². The fourth-order valence-corrected chi connectivity index (χ4v) is 5.06. The summed E-state index contributed by atoms with van der Waals surface area (Å²) >= 11 is 0. The molecule has 5 rings (SSSR count). The molecule has 0 unspecified atom stereocenters. The normalized spacial score (nSPS) is 17.6. The predicted octanol–water partition coefficient (Wildman–Crippen LogP) is 6.61. The molecule has 0 aliphatic heterocycles. The van der Waals surface area contributed by atoms with Crippen LogP contribution in [0.25, 0.3) is 22.3 Å². The fourth-order valence-electron chi connectivity index (χ4n) is 5.06. The van der Waals surface area contributed by atoms with Crippen LogP contribution in [0.15, 0.2) is 54.6 Å². The van der Waals surface area contributed by atoms with Crippen LogP contribution >= 0.6 is 0 Å². The topological polar surface area (TPSA) is 0 Å². The molecule has 0 atom stereocenters. The Kier molecular flexibility index (Phi) is 2.65. The van der Waals surface area contributed by atoms with E-state index in [-0.39, 0.29) is 10.8 Å². The lowest BCUT2D eigenvalue weighted by Gasteiger charge is -2.24. The molecule has 25 heavy (non-hydrogen) atoms. The van der Waals surface area contributed by atoms with Crippen molar-refractivity contribution < 1.29 is 0 Å². The van der Waals surface area contributed by atoms with E-state index in [1.807, 2.05) is 0 Å². The van der Waals surface area contributed by atoms with Gasteiger partial charge in [0.25, 0.3) is 0 Å². The van der Waals surface area contributed by atoms with Gasteiger partial charge in [-0.15, -0.1) is 0 Å². The maximum atomic E-state index is 2.48. The van der Waals surface area contributed by atoms with Crippen molar-refractivity contribution >= 4 is 0 Å². The molecule has 0 aromatic heterocycles. The van der Waals surface area contributed by atoms with Gasteiger partial charge in [-0.05, 0) is 63.6 Å². The number of benzene rings is 3. The molecule has 2 aliphatic rings. The van der Waals surface area contributed by atoms with Crippen molar-refractivity contribution in [3.05, 3.63) is 82.4 Å². The zero-order valence-corrected chi connectivity index (χ0v) is 15.7. The molecule has 124 valence electrons. The van der Waals surface area contributed by atoms with Crippen molar-refractivity contribution in [2.24, 2.45) is 0 Å². The first-order valence-electron chi connectivity index (χ1n) is 9.22. The van der Waals surface area contributed by atoms with Crippen molar-refractivity contribution in [1.82, 2.24) is 0 Å². The SMILES string of the molecule is Cc1ccc2c(c1)-c1cc3c(cc1C2(C)C)-c1ccccc1C3(C)C. The highest BCUT2D eigenvalue weighted by molar-refractivity contribution is 5.89. The number of fused-ring (bicyclic) bond motifs is 6. The zero-order chi connectivity index (χ0) is 17.6. The van der Waals surface area contributed by atoms with Gasteiger partial charge in [0, 0.05) is 10.8 Å². The maximum Gasteiger partial charge on any atom is 0.0159 e. The number of rotatable bonds is 0. The molecule has 0 saturated heterocycles. The van der Waals surface area contributed by atoms with Crippen LogP contribution in [-0.4, -0.2) is 0 Å². The van der Waals surface area contributed by atoms with Crippen molar-refractivity contribution in [1.29, 1.82) is 0 Å².